The number of hydrogen-bond acceptors (Lipinski definition) is 5. The lowest BCUT2D eigenvalue weighted by Crippen LogP contribution is -2.54. The second-order valence-corrected chi connectivity index (χ2v) is 12.2. The molecular weight excluding hydrogens is 542 g/mol. The molecule has 8 heteroatoms. The van der Waals surface area contributed by atoms with Gasteiger partial charge < -0.3 is 25.4 Å². The summed E-state index contributed by atoms with van der Waals surface area (Å²) in [6.07, 6.45) is 8.45. The van der Waals surface area contributed by atoms with E-state index in [9.17, 15) is 19.5 Å². The molecule has 0 spiro atoms. The van der Waals surface area contributed by atoms with Gasteiger partial charge in [0, 0.05) is 19.5 Å². The van der Waals surface area contributed by atoms with Crippen LogP contribution in [-0.4, -0.2) is 52.6 Å². The maximum absolute atomic E-state index is 14.5. The molecule has 238 valence electrons. The van der Waals surface area contributed by atoms with E-state index >= 15 is 0 Å². The maximum Gasteiger partial charge on any atom is 0.408 e. The Kier molecular flexibility index (Phi) is 15.6. The van der Waals surface area contributed by atoms with Gasteiger partial charge in [-0.25, -0.2) is 4.79 Å². The van der Waals surface area contributed by atoms with Gasteiger partial charge >= 0.3 is 6.09 Å². The third-order valence-corrected chi connectivity index (χ3v) is 7.13. The van der Waals surface area contributed by atoms with E-state index in [1.54, 1.807) is 43.9 Å². The summed E-state index contributed by atoms with van der Waals surface area (Å²) < 4.78 is 5.52. The molecular formula is C35H53N3O5. The summed E-state index contributed by atoms with van der Waals surface area (Å²) in [7, 11) is 0. The van der Waals surface area contributed by atoms with Crippen LogP contribution in [-0.2, 0) is 20.7 Å². The van der Waals surface area contributed by atoms with Crippen LogP contribution in [0.1, 0.15) is 110 Å². The number of nitrogens with zero attached hydrogens (tertiary/aromatic N) is 1. The largest absolute Gasteiger partial charge is 0.508 e. The SMILES string of the molecule is CCCCCCCCN(C(=O)C(Cc1ccccc1)NC(=O)OC(C)(C)C)C(C(=O)NCCCCC)c1cccc(O)c1. The van der Waals surface area contributed by atoms with Crippen LogP contribution >= 0.6 is 0 Å². The van der Waals surface area contributed by atoms with Gasteiger partial charge in [-0.2, -0.15) is 0 Å². The number of hydrogen-bond donors (Lipinski definition) is 3. The molecule has 3 N–H and O–H groups in total. The van der Waals surface area contributed by atoms with E-state index in [2.05, 4.69) is 24.5 Å². The van der Waals surface area contributed by atoms with Crippen molar-refractivity contribution in [1.29, 1.82) is 0 Å². The molecule has 2 aromatic carbocycles. The lowest BCUT2D eigenvalue weighted by Gasteiger charge is -2.35. The van der Waals surface area contributed by atoms with Crippen molar-refractivity contribution in [2.75, 3.05) is 13.1 Å². The van der Waals surface area contributed by atoms with E-state index in [0.717, 1.165) is 56.9 Å². The molecule has 0 radical (unpaired) electrons. The van der Waals surface area contributed by atoms with Crippen molar-refractivity contribution >= 4 is 17.9 Å². The van der Waals surface area contributed by atoms with Crippen LogP contribution in [0.5, 0.6) is 5.75 Å². The predicted octanol–water partition coefficient (Wildman–Crippen LogP) is 7.06. The number of alkyl carbamates (subject to hydrolysis) is 1. The van der Waals surface area contributed by atoms with Gasteiger partial charge in [0.05, 0.1) is 0 Å². The van der Waals surface area contributed by atoms with Gasteiger partial charge in [-0.1, -0.05) is 101 Å². The zero-order valence-electron chi connectivity index (χ0n) is 26.9. The zero-order valence-corrected chi connectivity index (χ0v) is 26.9. The first kappa shape index (κ1) is 35.6. The highest BCUT2D eigenvalue weighted by atomic mass is 16.6. The van der Waals surface area contributed by atoms with Crippen LogP contribution in [0.25, 0.3) is 0 Å². The number of carbonyl (C=O) groups excluding carboxylic acids is 3. The summed E-state index contributed by atoms with van der Waals surface area (Å²) in [5.41, 5.74) is 0.642. The molecule has 43 heavy (non-hydrogen) atoms. The average Bonchev–Trinajstić information content (AvgIpc) is 2.95. The Morgan fingerprint density at radius 3 is 2.16 bits per heavy atom. The van der Waals surface area contributed by atoms with Crippen LogP contribution < -0.4 is 10.6 Å². The Morgan fingerprint density at radius 1 is 0.860 bits per heavy atom. The minimum atomic E-state index is -0.976. The number of ether oxygens (including phenoxy) is 1. The van der Waals surface area contributed by atoms with Gasteiger partial charge in [-0.15, -0.1) is 0 Å². The van der Waals surface area contributed by atoms with Crippen molar-refractivity contribution in [2.45, 2.75) is 117 Å². The molecule has 0 heterocycles. The number of aromatic hydroxyl groups is 1. The molecule has 2 atom stereocenters. The Labute approximate surface area is 258 Å². The van der Waals surface area contributed by atoms with Crippen molar-refractivity contribution in [2.24, 2.45) is 0 Å². The number of rotatable bonds is 18. The van der Waals surface area contributed by atoms with Gasteiger partial charge in [0.15, 0.2) is 0 Å². The average molecular weight is 596 g/mol. The van der Waals surface area contributed by atoms with Crippen molar-refractivity contribution < 1.29 is 24.2 Å². The predicted molar refractivity (Wildman–Crippen MR) is 172 cm³/mol. The zero-order chi connectivity index (χ0) is 31.7. The molecule has 0 aliphatic heterocycles. The topological polar surface area (TPSA) is 108 Å². The molecule has 0 bridgehead atoms. The molecule has 8 nitrogen and oxygen atoms in total. The number of carbonyl (C=O) groups is 3. The Bertz CT molecular complexity index is 1120. The van der Waals surface area contributed by atoms with E-state index in [1.807, 2.05) is 30.3 Å². The first-order valence-corrected chi connectivity index (χ1v) is 16.0. The van der Waals surface area contributed by atoms with Crippen LogP contribution in [0, 0.1) is 0 Å². The van der Waals surface area contributed by atoms with Crippen LogP contribution in [0.3, 0.4) is 0 Å². The quantitative estimate of drug-likeness (QED) is 0.160. The van der Waals surface area contributed by atoms with Crippen LogP contribution in [0.2, 0.25) is 0 Å². The van der Waals surface area contributed by atoms with Gasteiger partial charge in [0.25, 0.3) is 0 Å². The smallest absolute Gasteiger partial charge is 0.408 e. The number of phenolic OH excluding ortho intramolecular Hbond substituents is 1. The highest BCUT2D eigenvalue weighted by Gasteiger charge is 2.36. The van der Waals surface area contributed by atoms with Gasteiger partial charge in [0.2, 0.25) is 11.8 Å². The minimum Gasteiger partial charge on any atom is -0.508 e. The van der Waals surface area contributed by atoms with E-state index in [0.29, 0.717) is 25.1 Å². The third-order valence-electron chi connectivity index (χ3n) is 7.13. The van der Waals surface area contributed by atoms with Crippen molar-refractivity contribution in [3.63, 3.8) is 0 Å². The summed E-state index contributed by atoms with van der Waals surface area (Å²) in [4.78, 5) is 42.9. The fraction of sp³-hybridized carbons (Fsp3) is 0.571. The summed E-state index contributed by atoms with van der Waals surface area (Å²) in [6.45, 7) is 10.4. The minimum absolute atomic E-state index is 0.0148. The summed E-state index contributed by atoms with van der Waals surface area (Å²) in [6, 6.07) is 14.0. The lowest BCUT2D eigenvalue weighted by molar-refractivity contribution is -0.142. The highest BCUT2D eigenvalue weighted by molar-refractivity contribution is 5.92. The first-order valence-electron chi connectivity index (χ1n) is 16.0. The summed E-state index contributed by atoms with van der Waals surface area (Å²) in [5, 5.41) is 16.2. The maximum atomic E-state index is 14.5. The molecule has 2 rings (SSSR count). The molecule has 0 aliphatic carbocycles. The highest BCUT2D eigenvalue weighted by Crippen LogP contribution is 2.27. The Morgan fingerprint density at radius 2 is 1.51 bits per heavy atom. The van der Waals surface area contributed by atoms with Gasteiger partial charge in [-0.3, -0.25) is 9.59 Å². The monoisotopic (exact) mass is 595 g/mol. The first-order chi connectivity index (χ1) is 20.6. The van der Waals surface area contributed by atoms with Crippen molar-refractivity contribution in [1.82, 2.24) is 15.5 Å². The fourth-order valence-corrected chi connectivity index (χ4v) is 4.98. The molecule has 0 saturated heterocycles. The Balaban J connectivity index is 2.48. The van der Waals surface area contributed by atoms with Gasteiger partial charge in [-0.05, 0) is 56.9 Å². The molecule has 2 unspecified atom stereocenters. The van der Waals surface area contributed by atoms with E-state index in [1.165, 1.54) is 6.07 Å². The number of nitrogens with one attached hydrogen (secondary N) is 2. The fourth-order valence-electron chi connectivity index (χ4n) is 4.98. The molecule has 2 aromatic rings. The molecule has 3 amide bonds. The third kappa shape index (κ3) is 13.5. The second kappa shape index (κ2) is 18.9. The molecule has 0 fully saturated rings. The summed E-state index contributed by atoms with van der Waals surface area (Å²) >= 11 is 0. The summed E-state index contributed by atoms with van der Waals surface area (Å²) in [5.74, 6) is -0.668. The van der Waals surface area contributed by atoms with Crippen molar-refractivity contribution in [3.8, 4) is 5.75 Å². The molecule has 0 saturated carbocycles. The van der Waals surface area contributed by atoms with Gasteiger partial charge in [0.1, 0.15) is 23.4 Å². The van der Waals surface area contributed by atoms with E-state index in [-0.39, 0.29) is 24.0 Å². The van der Waals surface area contributed by atoms with E-state index in [4.69, 9.17) is 4.74 Å². The normalized spacial score (nSPS) is 12.7. The van der Waals surface area contributed by atoms with Crippen LogP contribution in [0.4, 0.5) is 4.79 Å². The van der Waals surface area contributed by atoms with Crippen LogP contribution in [0.15, 0.2) is 54.6 Å². The molecule has 0 aliphatic rings. The number of benzene rings is 2. The van der Waals surface area contributed by atoms with Crippen molar-refractivity contribution in [3.05, 3.63) is 65.7 Å². The molecule has 0 aromatic heterocycles. The number of unbranched alkanes of at least 4 members (excludes halogenated alkanes) is 7. The number of amides is 3. The second-order valence-electron chi connectivity index (χ2n) is 12.2. The van der Waals surface area contributed by atoms with E-state index < -0.39 is 23.8 Å². The Hall–Kier alpha value is -3.55. The standard InChI is InChI=1S/C35H53N3O5/c1-6-8-10-11-12-17-24-38(31(28-21-18-22-29(39)26-28)32(40)36-23-16-9-7-2)33(41)30(25-27-19-14-13-15-20-27)37-34(42)43-35(3,4)5/h13-15,18-22,26,30-31,39H,6-12,16-17,23-25H2,1-5H3,(H,36,40)(H,37,42). The lowest BCUT2D eigenvalue weighted by atomic mass is 9.99. The number of phenols is 1.